The summed E-state index contributed by atoms with van der Waals surface area (Å²) in [5.74, 6) is 0.608. The summed E-state index contributed by atoms with van der Waals surface area (Å²) < 4.78 is 7.23. The number of rotatable bonds is 8. The Labute approximate surface area is 204 Å². The highest BCUT2D eigenvalue weighted by molar-refractivity contribution is 5.93. The average molecular weight is 472 g/mol. The number of nitrogens with one attached hydrogen (secondary N) is 2. The minimum atomic E-state index is -0.363. The number of carbonyl (C=O) groups excluding carboxylic acids is 2. The molecule has 0 spiro atoms. The summed E-state index contributed by atoms with van der Waals surface area (Å²) in [6.45, 7) is 6.40. The Bertz CT molecular complexity index is 1300. The molecule has 0 atom stereocenters. The van der Waals surface area contributed by atoms with Gasteiger partial charge in [0.25, 0.3) is 0 Å². The first-order valence-corrected chi connectivity index (χ1v) is 11.5. The van der Waals surface area contributed by atoms with Gasteiger partial charge in [-0.2, -0.15) is 0 Å². The molecule has 0 saturated carbocycles. The molecule has 0 unspecified atom stereocenters. The molecule has 0 saturated heterocycles. The predicted octanol–water partition coefficient (Wildman–Crippen LogP) is 4.92. The van der Waals surface area contributed by atoms with Crippen molar-refractivity contribution in [1.29, 1.82) is 0 Å². The monoisotopic (exact) mass is 471 g/mol. The van der Waals surface area contributed by atoms with Gasteiger partial charge in [-0.3, -0.25) is 14.7 Å². The van der Waals surface area contributed by atoms with Gasteiger partial charge in [0.05, 0.1) is 18.5 Å². The fourth-order valence-corrected chi connectivity index (χ4v) is 3.68. The Balaban J connectivity index is 1.62. The molecule has 2 N–H and O–H groups in total. The van der Waals surface area contributed by atoms with E-state index in [1.807, 2.05) is 67.1 Å². The SMILES string of the molecule is CCNC(=O)N(CC(=O)Nc1nc(-c2ccccc2)cn1-c1ccc(C)c(C)c1)Cc1ccco1. The minimum Gasteiger partial charge on any atom is -0.467 e. The van der Waals surface area contributed by atoms with E-state index < -0.39 is 0 Å². The van der Waals surface area contributed by atoms with Crippen molar-refractivity contribution in [1.82, 2.24) is 19.8 Å². The molecular formula is C27H29N5O3. The maximum Gasteiger partial charge on any atom is 0.318 e. The van der Waals surface area contributed by atoms with E-state index in [4.69, 9.17) is 9.40 Å². The zero-order valence-electron chi connectivity index (χ0n) is 20.1. The summed E-state index contributed by atoms with van der Waals surface area (Å²) in [5, 5.41) is 5.65. The average Bonchev–Trinajstić information content (AvgIpc) is 3.51. The Morgan fingerprint density at radius 2 is 1.83 bits per heavy atom. The molecule has 0 aliphatic carbocycles. The highest BCUT2D eigenvalue weighted by atomic mass is 16.3. The van der Waals surface area contributed by atoms with Gasteiger partial charge in [0.2, 0.25) is 11.9 Å². The quantitative estimate of drug-likeness (QED) is 0.382. The summed E-state index contributed by atoms with van der Waals surface area (Å²) in [5.41, 5.74) is 4.87. The topological polar surface area (TPSA) is 92.4 Å². The van der Waals surface area contributed by atoms with Gasteiger partial charge < -0.3 is 14.6 Å². The van der Waals surface area contributed by atoms with Crippen molar-refractivity contribution in [2.75, 3.05) is 18.4 Å². The van der Waals surface area contributed by atoms with Crippen LogP contribution in [0, 0.1) is 13.8 Å². The van der Waals surface area contributed by atoms with E-state index in [0.717, 1.165) is 22.5 Å². The maximum atomic E-state index is 13.1. The van der Waals surface area contributed by atoms with Gasteiger partial charge in [0.1, 0.15) is 12.3 Å². The van der Waals surface area contributed by atoms with Gasteiger partial charge in [0, 0.05) is 24.0 Å². The van der Waals surface area contributed by atoms with Crippen LogP contribution in [0.25, 0.3) is 16.9 Å². The molecule has 4 aromatic rings. The van der Waals surface area contributed by atoms with Crippen LogP contribution >= 0.6 is 0 Å². The number of hydrogen-bond acceptors (Lipinski definition) is 4. The lowest BCUT2D eigenvalue weighted by Crippen LogP contribution is -2.43. The maximum absolute atomic E-state index is 13.1. The lowest BCUT2D eigenvalue weighted by atomic mass is 10.1. The van der Waals surface area contributed by atoms with Gasteiger partial charge in [-0.05, 0) is 56.2 Å². The van der Waals surface area contributed by atoms with E-state index in [9.17, 15) is 9.59 Å². The van der Waals surface area contributed by atoms with E-state index in [-0.39, 0.29) is 25.0 Å². The number of carbonyl (C=O) groups is 2. The number of urea groups is 1. The van der Waals surface area contributed by atoms with Crippen LogP contribution < -0.4 is 10.6 Å². The first-order valence-electron chi connectivity index (χ1n) is 11.5. The lowest BCUT2D eigenvalue weighted by Gasteiger charge is -2.21. The molecule has 0 radical (unpaired) electrons. The molecule has 0 aliphatic rings. The van der Waals surface area contributed by atoms with Gasteiger partial charge in [-0.15, -0.1) is 0 Å². The molecule has 4 rings (SSSR count). The highest BCUT2D eigenvalue weighted by Crippen LogP contribution is 2.25. The number of hydrogen-bond donors (Lipinski definition) is 2. The Morgan fingerprint density at radius 3 is 2.51 bits per heavy atom. The Hall–Kier alpha value is -4.33. The molecule has 0 bridgehead atoms. The minimum absolute atomic E-state index is 0.160. The second-order valence-electron chi connectivity index (χ2n) is 8.27. The van der Waals surface area contributed by atoms with Crippen molar-refractivity contribution < 1.29 is 14.0 Å². The van der Waals surface area contributed by atoms with E-state index in [0.29, 0.717) is 18.3 Å². The molecule has 2 aromatic heterocycles. The smallest absolute Gasteiger partial charge is 0.318 e. The van der Waals surface area contributed by atoms with Crippen LogP contribution in [-0.4, -0.2) is 39.5 Å². The normalized spacial score (nSPS) is 10.7. The number of nitrogens with zero attached hydrogens (tertiary/aromatic N) is 3. The van der Waals surface area contributed by atoms with Crippen LogP contribution in [0.4, 0.5) is 10.7 Å². The summed E-state index contributed by atoms with van der Waals surface area (Å²) in [7, 11) is 0. The predicted molar refractivity (Wildman–Crippen MR) is 135 cm³/mol. The van der Waals surface area contributed by atoms with Gasteiger partial charge in [-0.25, -0.2) is 9.78 Å². The standard InChI is InChI=1S/C27H29N5O3/c1-4-28-27(34)31(16-23-11-8-14-35-23)18-25(33)30-26-29-24(21-9-6-5-7-10-21)17-32(26)22-13-12-19(2)20(3)15-22/h5-15,17H,4,16,18H2,1-3H3,(H,28,34)(H,29,30,33). The number of aryl methyl sites for hydroxylation is 2. The molecule has 0 aliphatic heterocycles. The van der Waals surface area contributed by atoms with Crippen molar-refractivity contribution in [3.05, 3.63) is 90.0 Å². The molecule has 0 fully saturated rings. The third kappa shape index (κ3) is 5.78. The second-order valence-corrected chi connectivity index (χ2v) is 8.27. The van der Waals surface area contributed by atoms with Crippen molar-refractivity contribution in [3.63, 3.8) is 0 Å². The van der Waals surface area contributed by atoms with E-state index in [1.54, 1.807) is 12.1 Å². The number of anilines is 1. The van der Waals surface area contributed by atoms with E-state index in [1.165, 1.54) is 16.7 Å². The fourth-order valence-electron chi connectivity index (χ4n) is 3.68. The third-order valence-corrected chi connectivity index (χ3v) is 5.67. The largest absolute Gasteiger partial charge is 0.467 e. The van der Waals surface area contributed by atoms with Gasteiger partial charge in [0.15, 0.2) is 0 Å². The van der Waals surface area contributed by atoms with Crippen LogP contribution in [0.3, 0.4) is 0 Å². The molecule has 180 valence electrons. The second kappa shape index (κ2) is 10.7. The summed E-state index contributed by atoms with van der Waals surface area (Å²) >= 11 is 0. The first kappa shape index (κ1) is 23.8. The summed E-state index contributed by atoms with van der Waals surface area (Å²) in [6.07, 6.45) is 3.44. The van der Waals surface area contributed by atoms with Crippen molar-refractivity contribution in [3.8, 4) is 16.9 Å². The molecule has 8 nitrogen and oxygen atoms in total. The summed E-state index contributed by atoms with van der Waals surface area (Å²) in [6, 6.07) is 19.0. The number of furan rings is 1. The van der Waals surface area contributed by atoms with Crippen LogP contribution in [0.1, 0.15) is 23.8 Å². The van der Waals surface area contributed by atoms with Crippen LogP contribution in [0.15, 0.2) is 77.5 Å². The number of aromatic nitrogens is 2. The number of imidazole rings is 1. The van der Waals surface area contributed by atoms with Crippen LogP contribution in [0.5, 0.6) is 0 Å². The molecule has 2 heterocycles. The molecule has 3 amide bonds. The van der Waals surface area contributed by atoms with E-state index in [2.05, 4.69) is 23.6 Å². The highest BCUT2D eigenvalue weighted by Gasteiger charge is 2.20. The molecular weight excluding hydrogens is 442 g/mol. The van der Waals surface area contributed by atoms with E-state index >= 15 is 0 Å². The summed E-state index contributed by atoms with van der Waals surface area (Å²) in [4.78, 5) is 31.8. The molecule has 2 aromatic carbocycles. The zero-order chi connectivity index (χ0) is 24.8. The molecule has 8 heteroatoms. The number of amides is 3. The van der Waals surface area contributed by atoms with Crippen molar-refractivity contribution in [2.45, 2.75) is 27.3 Å². The molecule has 35 heavy (non-hydrogen) atoms. The lowest BCUT2D eigenvalue weighted by molar-refractivity contribution is -0.117. The van der Waals surface area contributed by atoms with Gasteiger partial charge >= 0.3 is 6.03 Å². The van der Waals surface area contributed by atoms with Crippen LogP contribution in [0.2, 0.25) is 0 Å². The van der Waals surface area contributed by atoms with Crippen molar-refractivity contribution >= 4 is 17.9 Å². The third-order valence-electron chi connectivity index (χ3n) is 5.67. The Morgan fingerprint density at radius 1 is 1.03 bits per heavy atom. The number of benzene rings is 2. The first-order chi connectivity index (χ1) is 16.9. The van der Waals surface area contributed by atoms with Gasteiger partial charge in [-0.1, -0.05) is 36.4 Å². The zero-order valence-corrected chi connectivity index (χ0v) is 20.1. The Kier molecular flexibility index (Phi) is 7.30. The van der Waals surface area contributed by atoms with Crippen LogP contribution in [-0.2, 0) is 11.3 Å². The fraction of sp³-hybridized carbons (Fsp3) is 0.222. The van der Waals surface area contributed by atoms with Crippen molar-refractivity contribution in [2.24, 2.45) is 0 Å².